The molecule has 1 aliphatic rings. The quantitative estimate of drug-likeness (QED) is 0.404. The van der Waals surface area contributed by atoms with Crippen LogP contribution in [0.5, 0.6) is 5.75 Å². The van der Waals surface area contributed by atoms with Gasteiger partial charge in [0.15, 0.2) is 0 Å². The summed E-state index contributed by atoms with van der Waals surface area (Å²) in [5.74, 6) is -6.93. The molecule has 0 bridgehead atoms. The molecule has 4 atom stereocenters. The van der Waals surface area contributed by atoms with E-state index >= 15 is 0 Å². The summed E-state index contributed by atoms with van der Waals surface area (Å²) < 4.78 is 86.1. The first-order valence-electron chi connectivity index (χ1n) is 11.1. The SMILES string of the molecule is CCO[PH](C)(O)c1cc(NC(=O)[C@@H]2O[C@@](C)(C(F)(F)F)[C@@H](C)[C@H]2c2ccc(F)c(F)c2OC)ccn1. The molecule has 0 aliphatic carbocycles. The van der Waals surface area contributed by atoms with Crippen molar-refractivity contribution in [3.63, 3.8) is 0 Å². The molecule has 200 valence electrons. The maximum atomic E-state index is 14.5. The number of aromatic nitrogens is 1. The molecule has 13 heteroatoms. The minimum atomic E-state index is -4.88. The van der Waals surface area contributed by atoms with Gasteiger partial charge < -0.3 is 0 Å². The third-order valence-electron chi connectivity index (χ3n) is 6.50. The van der Waals surface area contributed by atoms with E-state index in [1.54, 1.807) is 6.92 Å². The van der Waals surface area contributed by atoms with Crippen molar-refractivity contribution < 1.29 is 45.6 Å². The van der Waals surface area contributed by atoms with Gasteiger partial charge in [-0.05, 0) is 0 Å². The summed E-state index contributed by atoms with van der Waals surface area (Å²) in [6.45, 7) is 5.42. The third kappa shape index (κ3) is 5.04. The molecule has 0 unspecified atom stereocenters. The first kappa shape index (κ1) is 28.2. The number of carbonyl (C=O) groups is 1. The summed E-state index contributed by atoms with van der Waals surface area (Å²) >= 11 is 0. The number of pyridine rings is 1. The summed E-state index contributed by atoms with van der Waals surface area (Å²) in [6, 6.07) is 4.58. The number of methoxy groups -OCH3 is 1. The van der Waals surface area contributed by atoms with Gasteiger partial charge in [0.25, 0.3) is 0 Å². The van der Waals surface area contributed by atoms with Gasteiger partial charge in [0.05, 0.1) is 0 Å². The number of amides is 1. The number of ether oxygens (including phenoxy) is 2. The fraction of sp³-hybridized carbons (Fsp3) is 0.478. The van der Waals surface area contributed by atoms with Gasteiger partial charge >= 0.3 is 205 Å². The van der Waals surface area contributed by atoms with E-state index in [1.165, 1.54) is 31.9 Å². The Kier molecular flexibility index (Phi) is 7.95. The zero-order valence-corrected chi connectivity index (χ0v) is 21.2. The molecule has 2 N–H and O–H groups in total. The number of halogens is 5. The average Bonchev–Trinajstić information content (AvgIpc) is 3.07. The molecule has 1 aliphatic heterocycles. The Labute approximate surface area is 205 Å². The number of hydrogen-bond donors (Lipinski definition) is 2. The molecule has 7 nitrogen and oxygen atoms in total. The van der Waals surface area contributed by atoms with E-state index in [0.29, 0.717) is 0 Å². The molecule has 2 aromatic rings. The number of carbonyl (C=O) groups excluding carboxylic acids is 1. The van der Waals surface area contributed by atoms with Gasteiger partial charge in [-0.1, -0.05) is 0 Å². The van der Waals surface area contributed by atoms with Crippen LogP contribution in [-0.4, -0.2) is 54.0 Å². The number of nitrogens with zero attached hydrogens (tertiary/aromatic N) is 1. The normalized spacial score (nSPS) is 25.0. The van der Waals surface area contributed by atoms with Crippen LogP contribution in [-0.2, 0) is 14.1 Å². The molecule has 0 radical (unpaired) electrons. The zero-order valence-electron chi connectivity index (χ0n) is 20.2. The average molecular weight is 538 g/mol. The molecule has 3 rings (SSSR count). The van der Waals surface area contributed by atoms with E-state index in [2.05, 4.69) is 10.3 Å². The zero-order chi connectivity index (χ0) is 27.1. The van der Waals surface area contributed by atoms with Gasteiger partial charge in [0, 0.05) is 0 Å². The number of nitrogens with one attached hydrogen (secondary N) is 1. The number of anilines is 1. The first-order valence-corrected chi connectivity index (χ1v) is 13.4. The van der Waals surface area contributed by atoms with Gasteiger partial charge in [-0.25, -0.2) is 0 Å². The Morgan fingerprint density at radius 3 is 2.56 bits per heavy atom. The molecule has 1 aromatic carbocycles. The van der Waals surface area contributed by atoms with Gasteiger partial charge in [0.1, 0.15) is 0 Å². The van der Waals surface area contributed by atoms with Crippen LogP contribution in [0.25, 0.3) is 0 Å². The van der Waals surface area contributed by atoms with Gasteiger partial charge in [0.2, 0.25) is 0 Å². The Morgan fingerprint density at radius 1 is 1.31 bits per heavy atom. The van der Waals surface area contributed by atoms with Crippen LogP contribution in [0.1, 0.15) is 32.3 Å². The van der Waals surface area contributed by atoms with Crippen LogP contribution in [0.2, 0.25) is 0 Å². The molecule has 1 fully saturated rings. The monoisotopic (exact) mass is 538 g/mol. The van der Waals surface area contributed by atoms with E-state index < -0.39 is 60.7 Å². The fourth-order valence-corrected chi connectivity index (χ4v) is 5.82. The summed E-state index contributed by atoms with van der Waals surface area (Å²) in [4.78, 5) is 27.9. The number of alkyl halides is 3. The number of hydrogen-bond acceptors (Lipinski definition) is 6. The van der Waals surface area contributed by atoms with Crippen molar-refractivity contribution >= 4 is 24.7 Å². The Bertz CT molecular complexity index is 1130. The van der Waals surface area contributed by atoms with Gasteiger partial charge in [-0.15, -0.1) is 0 Å². The summed E-state index contributed by atoms with van der Waals surface area (Å²) in [5, 5.41) is 2.49. The third-order valence-corrected chi connectivity index (χ3v) is 8.57. The first-order chi connectivity index (χ1) is 16.7. The van der Waals surface area contributed by atoms with E-state index in [4.69, 9.17) is 14.0 Å². The number of benzene rings is 1. The molecule has 36 heavy (non-hydrogen) atoms. The predicted molar refractivity (Wildman–Crippen MR) is 125 cm³/mol. The molecule has 1 aromatic heterocycles. The van der Waals surface area contributed by atoms with Crippen LogP contribution in [0.3, 0.4) is 0 Å². The van der Waals surface area contributed by atoms with Crippen LogP contribution in [0, 0.1) is 17.6 Å². The Balaban J connectivity index is 2.04. The van der Waals surface area contributed by atoms with Crippen LogP contribution in [0.15, 0.2) is 30.5 Å². The van der Waals surface area contributed by atoms with Crippen LogP contribution >= 0.6 is 7.72 Å². The number of rotatable bonds is 7. The second-order valence-electron chi connectivity index (χ2n) is 8.78. The maximum absolute atomic E-state index is 14.5. The van der Waals surface area contributed by atoms with Gasteiger partial charge in [-0.3, -0.25) is 0 Å². The second-order valence-corrected chi connectivity index (χ2v) is 11.5. The van der Waals surface area contributed by atoms with Crippen molar-refractivity contribution in [2.45, 2.75) is 44.6 Å². The van der Waals surface area contributed by atoms with Crippen molar-refractivity contribution in [2.75, 3.05) is 25.7 Å². The topological polar surface area (TPSA) is 89.9 Å². The van der Waals surface area contributed by atoms with E-state index in [-0.39, 0.29) is 23.3 Å². The van der Waals surface area contributed by atoms with Crippen molar-refractivity contribution in [1.29, 1.82) is 0 Å². The molecular weight excluding hydrogens is 510 g/mol. The predicted octanol–water partition coefficient (Wildman–Crippen LogP) is 4.31. The van der Waals surface area contributed by atoms with Crippen LogP contribution in [0.4, 0.5) is 27.6 Å². The van der Waals surface area contributed by atoms with Crippen LogP contribution < -0.4 is 15.5 Å². The molecule has 2 heterocycles. The molecule has 1 saturated heterocycles. The van der Waals surface area contributed by atoms with Crippen molar-refractivity contribution in [3.05, 3.63) is 47.7 Å². The van der Waals surface area contributed by atoms with Crippen molar-refractivity contribution in [3.8, 4) is 5.75 Å². The van der Waals surface area contributed by atoms with E-state index in [1.807, 2.05) is 0 Å². The molecule has 1 amide bonds. The van der Waals surface area contributed by atoms with Crippen molar-refractivity contribution in [1.82, 2.24) is 4.98 Å². The molecule has 0 saturated carbocycles. The molecule has 0 spiro atoms. The van der Waals surface area contributed by atoms with Crippen molar-refractivity contribution in [2.24, 2.45) is 5.92 Å². The minimum absolute atomic E-state index is 0.130. The standard InChI is InChI=1S/C23H28F5N2O5P/c1-6-34-36(5,32)16-11-13(9-10-29-16)30-21(31)20-17(12(2)22(3,35-20)23(26,27)28)14-7-8-15(24)18(25)19(14)33-4/h7-12,17,20,32,36H,6H2,1-5H3,(H,29,30,31)/t12-,17-,20+,22+/m0/s1. The van der Waals surface area contributed by atoms with E-state index in [0.717, 1.165) is 26.2 Å². The second kappa shape index (κ2) is 10.2. The Hall–Kier alpha value is -2.40. The summed E-state index contributed by atoms with van der Waals surface area (Å²) in [5.41, 5.74) is -2.60. The Morgan fingerprint density at radius 2 is 1.97 bits per heavy atom. The fourth-order valence-electron chi connectivity index (χ4n) is 4.37. The van der Waals surface area contributed by atoms with E-state index in [9.17, 15) is 31.6 Å². The summed E-state index contributed by atoms with van der Waals surface area (Å²) in [7, 11) is -2.33. The summed E-state index contributed by atoms with van der Waals surface area (Å²) in [6.07, 6.45) is -5.32. The molecular formula is C23H28F5N2O5P. The van der Waals surface area contributed by atoms with Gasteiger partial charge in [-0.2, -0.15) is 0 Å².